The average molecular weight is 336 g/mol. The predicted octanol–water partition coefficient (Wildman–Crippen LogP) is 3.93. The minimum Gasteiger partial charge on any atom is -0.507 e. The highest BCUT2D eigenvalue weighted by Crippen LogP contribution is 2.37. The maximum Gasteiger partial charge on any atom is 0.342 e. The monoisotopic (exact) mass is 336 g/mol. The van der Waals surface area contributed by atoms with Crippen LogP contribution in [0.1, 0.15) is 17.3 Å². The number of phenols is 1. The second-order valence-corrected chi connectivity index (χ2v) is 5.58. The van der Waals surface area contributed by atoms with Crippen molar-refractivity contribution in [2.45, 2.75) is 6.92 Å². The minimum atomic E-state index is -0.637. The molecule has 5 nitrogen and oxygen atoms in total. The van der Waals surface area contributed by atoms with Crippen LogP contribution in [0.15, 0.2) is 60.7 Å². The Morgan fingerprint density at radius 3 is 1.88 bits per heavy atom. The van der Waals surface area contributed by atoms with Gasteiger partial charge in [0.15, 0.2) is 0 Å². The van der Waals surface area contributed by atoms with Crippen LogP contribution in [0.3, 0.4) is 0 Å². The van der Waals surface area contributed by atoms with E-state index in [0.717, 1.165) is 0 Å². The van der Waals surface area contributed by atoms with Crippen LogP contribution in [-0.4, -0.2) is 23.8 Å². The van der Waals surface area contributed by atoms with Crippen LogP contribution < -0.4 is 0 Å². The van der Waals surface area contributed by atoms with Gasteiger partial charge in [0, 0.05) is 27.1 Å². The fourth-order valence-electron chi connectivity index (χ4n) is 2.66. The van der Waals surface area contributed by atoms with Gasteiger partial charge in [0.25, 0.3) is 0 Å². The Kier molecular flexibility index (Phi) is 4.39. The standard InChI is InChI=1S/C20H16O5/c1-12(2)19(22)24-11-25-20(23)17-13-7-3-5-9-15(13)18(21)16-10-6-4-8-14(16)17/h3-10,21H,1,11H2,2H3. The van der Waals surface area contributed by atoms with Gasteiger partial charge in [0.2, 0.25) is 6.79 Å². The molecule has 0 heterocycles. The summed E-state index contributed by atoms with van der Waals surface area (Å²) in [5.74, 6) is -1.16. The Bertz CT molecular complexity index is 947. The van der Waals surface area contributed by atoms with Gasteiger partial charge in [-0.3, -0.25) is 0 Å². The number of hydrogen-bond acceptors (Lipinski definition) is 5. The summed E-state index contributed by atoms with van der Waals surface area (Å²) in [6.45, 7) is 4.46. The van der Waals surface area contributed by atoms with E-state index in [1.807, 2.05) is 0 Å². The third kappa shape index (κ3) is 3.04. The van der Waals surface area contributed by atoms with Gasteiger partial charge in [0.05, 0.1) is 5.56 Å². The molecule has 0 aliphatic rings. The van der Waals surface area contributed by atoms with Crippen molar-refractivity contribution in [1.82, 2.24) is 0 Å². The largest absolute Gasteiger partial charge is 0.507 e. The van der Waals surface area contributed by atoms with Crippen molar-refractivity contribution >= 4 is 33.5 Å². The normalized spacial score (nSPS) is 10.6. The van der Waals surface area contributed by atoms with Crippen molar-refractivity contribution in [2.24, 2.45) is 0 Å². The van der Waals surface area contributed by atoms with Gasteiger partial charge in [-0.1, -0.05) is 55.1 Å². The topological polar surface area (TPSA) is 72.8 Å². The Labute approximate surface area is 144 Å². The molecular weight excluding hydrogens is 320 g/mol. The molecule has 0 radical (unpaired) electrons. The number of carbonyl (C=O) groups is 2. The molecule has 0 aliphatic carbocycles. The Morgan fingerprint density at radius 1 is 0.920 bits per heavy atom. The van der Waals surface area contributed by atoms with E-state index in [1.165, 1.54) is 6.92 Å². The first-order chi connectivity index (χ1) is 12.0. The van der Waals surface area contributed by atoms with Crippen molar-refractivity contribution < 1.29 is 24.2 Å². The van der Waals surface area contributed by atoms with Crippen molar-refractivity contribution in [2.75, 3.05) is 6.79 Å². The fourth-order valence-corrected chi connectivity index (χ4v) is 2.66. The third-order valence-corrected chi connectivity index (χ3v) is 3.84. The number of hydrogen-bond donors (Lipinski definition) is 1. The second kappa shape index (κ2) is 6.65. The summed E-state index contributed by atoms with van der Waals surface area (Å²) in [4.78, 5) is 24.0. The molecule has 0 spiro atoms. The number of ether oxygens (including phenoxy) is 2. The number of phenolic OH excluding ortho intramolecular Hbond substituents is 1. The molecule has 3 aromatic rings. The summed E-state index contributed by atoms with van der Waals surface area (Å²) < 4.78 is 9.91. The zero-order valence-electron chi connectivity index (χ0n) is 13.6. The lowest BCUT2D eigenvalue weighted by atomic mass is 9.96. The summed E-state index contributed by atoms with van der Waals surface area (Å²) >= 11 is 0. The number of benzene rings is 3. The highest BCUT2D eigenvalue weighted by atomic mass is 16.7. The van der Waals surface area contributed by atoms with E-state index in [1.54, 1.807) is 48.5 Å². The predicted molar refractivity (Wildman–Crippen MR) is 94.3 cm³/mol. The van der Waals surface area contributed by atoms with Gasteiger partial charge in [0.1, 0.15) is 5.75 Å². The molecule has 0 atom stereocenters. The van der Waals surface area contributed by atoms with Crippen LogP contribution in [0, 0.1) is 0 Å². The van der Waals surface area contributed by atoms with Crippen LogP contribution >= 0.6 is 0 Å². The maximum atomic E-state index is 12.6. The zero-order valence-corrected chi connectivity index (χ0v) is 13.6. The number of carbonyl (C=O) groups excluding carboxylic acids is 2. The summed E-state index contributed by atoms with van der Waals surface area (Å²) in [7, 11) is 0. The molecule has 5 heteroatoms. The summed E-state index contributed by atoms with van der Waals surface area (Å²) in [6, 6.07) is 14.0. The lowest BCUT2D eigenvalue weighted by Crippen LogP contribution is -2.14. The SMILES string of the molecule is C=C(C)C(=O)OCOC(=O)c1c2ccccc2c(O)c2ccccc12. The van der Waals surface area contributed by atoms with Crippen molar-refractivity contribution in [1.29, 1.82) is 0 Å². The van der Waals surface area contributed by atoms with Crippen molar-refractivity contribution in [3.8, 4) is 5.75 Å². The number of esters is 2. The van der Waals surface area contributed by atoms with E-state index in [0.29, 0.717) is 27.1 Å². The van der Waals surface area contributed by atoms with Gasteiger partial charge in [-0.25, -0.2) is 9.59 Å². The quantitative estimate of drug-likeness (QED) is 0.338. The molecule has 3 aromatic carbocycles. The Morgan fingerprint density at radius 2 is 1.40 bits per heavy atom. The van der Waals surface area contributed by atoms with E-state index >= 15 is 0 Å². The molecule has 3 rings (SSSR count). The first kappa shape index (κ1) is 16.5. The minimum absolute atomic E-state index is 0.108. The highest BCUT2D eigenvalue weighted by molar-refractivity contribution is 6.19. The summed E-state index contributed by atoms with van der Waals surface area (Å²) in [5.41, 5.74) is 0.534. The molecule has 126 valence electrons. The van der Waals surface area contributed by atoms with E-state index in [4.69, 9.17) is 9.47 Å². The lowest BCUT2D eigenvalue weighted by Gasteiger charge is -2.13. The molecule has 0 saturated heterocycles. The fraction of sp³-hybridized carbons (Fsp3) is 0.100. The van der Waals surface area contributed by atoms with Crippen molar-refractivity contribution in [3.05, 3.63) is 66.2 Å². The molecular formula is C20H16O5. The Hall–Kier alpha value is -3.34. The smallest absolute Gasteiger partial charge is 0.342 e. The zero-order chi connectivity index (χ0) is 18.0. The van der Waals surface area contributed by atoms with Gasteiger partial charge in [-0.2, -0.15) is 0 Å². The summed E-state index contributed by atoms with van der Waals surface area (Å²) in [5, 5.41) is 12.7. The average Bonchev–Trinajstić information content (AvgIpc) is 2.62. The van der Waals surface area contributed by atoms with Gasteiger partial charge >= 0.3 is 11.9 Å². The van der Waals surface area contributed by atoms with E-state index in [2.05, 4.69) is 6.58 Å². The van der Waals surface area contributed by atoms with Gasteiger partial charge in [-0.15, -0.1) is 0 Å². The first-order valence-electron chi connectivity index (χ1n) is 7.63. The molecule has 0 bridgehead atoms. The number of fused-ring (bicyclic) bond motifs is 2. The van der Waals surface area contributed by atoms with E-state index in [9.17, 15) is 14.7 Å². The maximum absolute atomic E-state index is 12.6. The number of aromatic hydroxyl groups is 1. The molecule has 1 N–H and O–H groups in total. The van der Waals surface area contributed by atoms with E-state index in [-0.39, 0.29) is 11.3 Å². The summed E-state index contributed by atoms with van der Waals surface area (Å²) in [6.07, 6.45) is 0. The molecule has 25 heavy (non-hydrogen) atoms. The van der Waals surface area contributed by atoms with Crippen molar-refractivity contribution in [3.63, 3.8) is 0 Å². The van der Waals surface area contributed by atoms with Gasteiger partial charge in [-0.05, 0) is 6.92 Å². The molecule has 0 fully saturated rings. The van der Waals surface area contributed by atoms with Gasteiger partial charge < -0.3 is 14.6 Å². The number of rotatable bonds is 4. The first-order valence-corrected chi connectivity index (χ1v) is 7.63. The van der Waals surface area contributed by atoms with E-state index < -0.39 is 18.7 Å². The third-order valence-electron chi connectivity index (χ3n) is 3.84. The Balaban J connectivity index is 2.04. The van der Waals surface area contributed by atoms with Crippen LogP contribution in [0.25, 0.3) is 21.5 Å². The molecule has 0 unspecified atom stereocenters. The highest BCUT2D eigenvalue weighted by Gasteiger charge is 2.19. The molecule has 0 aliphatic heterocycles. The second-order valence-electron chi connectivity index (χ2n) is 5.58. The van der Waals surface area contributed by atoms with Crippen LogP contribution in [0.2, 0.25) is 0 Å². The lowest BCUT2D eigenvalue weighted by molar-refractivity contribution is -0.147. The molecule has 0 aromatic heterocycles. The van der Waals surface area contributed by atoms with Crippen LogP contribution in [-0.2, 0) is 14.3 Å². The molecule has 0 saturated carbocycles. The van der Waals surface area contributed by atoms with Crippen LogP contribution in [0.4, 0.5) is 0 Å². The van der Waals surface area contributed by atoms with Crippen LogP contribution in [0.5, 0.6) is 5.75 Å². The molecule has 0 amide bonds.